The molecule has 3 nitrogen and oxygen atoms in total. The molecule has 0 aliphatic heterocycles. The highest BCUT2D eigenvalue weighted by Crippen LogP contribution is 2.17. The van der Waals surface area contributed by atoms with Crippen LogP contribution in [0.1, 0.15) is 13.8 Å². The highest BCUT2D eigenvalue weighted by atomic mass is 35.5. The maximum atomic E-state index is 10.7. The van der Waals surface area contributed by atoms with E-state index < -0.39 is 11.5 Å². The van der Waals surface area contributed by atoms with Gasteiger partial charge in [-0.3, -0.25) is 0 Å². The average Bonchev–Trinajstić information content (AvgIpc) is 2.08. The minimum absolute atomic E-state index is 0.613. The molecule has 0 aliphatic rings. The zero-order chi connectivity index (χ0) is 10.8. The van der Waals surface area contributed by atoms with Crippen LogP contribution in [0.5, 0.6) is 0 Å². The molecular formula is C10H11ClNO2-. The Labute approximate surface area is 87.7 Å². The molecule has 0 saturated carbocycles. The zero-order valence-corrected chi connectivity index (χ0v) is 8.76. The number of rotatable bonds is 3. The lowest BCUT2D eigenvalue weighted by atomic mass is 10.1. The van der Waals surface area contributed by atoms with Crippen LogP contribution in [0.3, 0.4) is 0 Å². The van der Waals surface area contributed by atoms with Crippen molar-refractivity contribution in [1.82, 2.24) is 0 Å². The van der Waals surface area contributed by atoms with Gasteiger partial charge in [-0.15, -0.1) is 0 Å². The van der Waals surface area contributed by atoms with E-state index in [1.807, 2.05) is 0 Å². The van der Waals surface area contributed by atoms with Crippen molar-refractivity contribution in [1.29, 1.82) is 0 Å². The molecule has 0 aromatic heterocycles. The molecule has 1 aromatic rings. The molecule has 1 N–H and O–H groups in total. The van der Waals surface area contributed by atoms with Crippen molar-refractivity contribution in [2.24, 2.45) is 0 Å². The minimum Gasteiger partial charge on any atom is -0.548 e. The molecule has 0 unspecified atom stereocenters. The van der Waals surface area contributed by atoms with E-state index in [9.17, 15) is 9.90 Å². The monoisotopic (exact) mass is 212 g/mol. The van der Waals surface area contributed by atoms with E-state index in [0.29, 0.717) is 10.7 Å². The Hall–Kier alpha value is -1.22. The van der Waals surface area contributed by atoms with Gasteiger partial charge >= 0.3 is 0 Å². The first-order valence-electron chi connectivity index (χ1n) is 4.17. The quantitative estimate of drug-likeness (QED) is 0.821. The summed E-state index contributed by atoms with van der Waals surface area (Å²) in [6.07, 6.45) is 0. The fourth-order valence-corrected chi connectivity index (χ4v) is 1.07. The number of aliphatic carboxylic acids is 1. The maximum Gasteiger partial charge on any atom is 0.0713 e. The third kappa shape index (κ3) is 2.64. The molecule has 1 rings (SSSR count). The highest BCUT2D eigenvalue weighted by molar-refractivity contribution is 6.30. The van der Waals surface area contributed by atoms with E-state index >= 15 is 0 Å². The molecule has 4 heteroatoms. The topological polar surface area (TPSA) is 52.2 Å². The van der Waals surface area contributed by atoms with Gasteiger partial charge in [0.2, 0.25) is 0 Å². The SMILES string of the molecule is CC(C)(Nc1ccc(Cl)cc1)C(=O)[O-]. The lowest BCUT2D eigenvalue weighted by molar-refractivity contribution is -0.310. The molecule has 14 heavy (non-hydrogen) atoms. The molecule has 0 aliphatic carbocycles. The van der Waals surface area contributed by atoms with Gasteiger partial charge in [0, 0.05) is 10.7 Å². The Kier molecular flexibility index (Phi) is 3.01. The number of hydrogen-bond donors (Lipinski definition) is 1. The van der Waals surface area contributed by atoms with E-state index in [-0.39, 0.29) is 0 Å². The first-order valence-corrected chi connectivity index (χ1v) is 4.55. The Bertz CT molecular complexity index is 332. The molecule has 0 fully saturated rings. The van der Waals surface area contributed by atoms with Crippen LogP contribution >= 0.6 is 11.6 Å². The first-order chi connectivity index (χ1) is 6.42. The van der Waals surface area contributed by atoms with E-state index in [2.05, 4.69) is 5.32 Å². The van der Waals surface area contributed by atoms with Crippen LogP contribution in [0.15, 0.2) is 24.3 Å². The molecule has 1 aromatic carbocycles. The van der Waals surface area contributed by atoms with Gasteiger partial charge in [0.25, 0.3) is 0 Å². The van der Waals surface area contributed by atoms with Gasteiger partial charge in [-0.25, -0.2) is 0 Å². The molecule has 0 saturated heterocycles. The second-order valence-electron chi connectivity index (χ2n) is 3.54. The standard InChI is InChI=1S/C10H12ClNO2/c1-10(2,9(13)14)12-8-5-3-7(11)4-6-8/h3-6,12H,1-2H3,(H,13,14)/p-1. The van der Waals surface area contributed by atoms with Gasteiger partial charge in [0.05, 0.1) is 11.5 Å². The third-order valence-electron chi connectivity index (χ3n) is 1.81. The van der Waals surface area contributed by atoms with Crippen LogP contribution in [-0.4, -0.2) is 11.5 Å². The number of anilines is 1. The molecule has 76 valence electrons. The number of nitrogens with one attached hydrogen (secondary N) is 1. The van der Waals surface area contributed by atoms with E-state index in [1.54, 1.807) is 24.3 Å². The fraction of sp³-hybridized carbons (Fsp3) is 0.300. The number of hydrogen-bond acceptors (Lipinski definition) is 3. The summed E-state index contributed by atoms with van der Waals surface area (Å²) in [5, 5.41) is 14.1. The molecule has 0 spiro atoms. The molecule has 0 atom stereocenters. The lowest BCUT2D eigenvalue weighted by Gasteiger charge is -2.28. The third-order valence-corrected chi connectivity index (χ3v) is 2.06. The zero-order valence-electron chi connectivity index (χ0n) is 8.00. The predicted octanol–water partition coefficient (Wildman–Crippen LogP) is 1.28. The summed E-state index contributed by atoms with van der Waals surface area (Å²) in [6, 6.07) is 6.81. The van der Waals surface area contributed by atoms with Gasteiger partial charge in [-0.1, -0.05) is 11.6 Å². The summed E-state index contributed by atoms with van der Waals surface area (Å²) >= 11 is 5.69. The van der Waals surface area contributed by atoms with Gasteiger partial charge in [0.1, 0.15) is 0 Å². The van der Waals surface area contributed by atoms with Crippen molar-refractivity contribution in [3.63, 3.8) is 0 Å². The van der Waals surface area contributed by atoms with E-state index in [4.69, 9.17) is 11.6 Å². The predicted molar refractivity (Wildman–Crippen MR) is 54.2 cm³/mol. The first kappa shape index (κ1) is 10.9. The number of carbonyl (C=O) groups excluding carboxylic acids is 1. The Morgan fingerprint density at radius 3 is 2.29 bits per heavy atom. The smallest absolute Gasteiger partial charge is 0.0713 e. The average molecular weight is 213 g/mol. The van der Waals surface area contributed by atoms with Crippen molar-refractivity contribution < 1.29 is 9.90 Å². The Morgan fingerprint density at radius 1 is 1.36 bits per heavy atom. The van der Waals surface area contributed by atoms with Crippen molar-refractivity contribution in [3.05, 3.63) is 29.3 Å². The van der Waals surface area contributed by atoms with Crippen LogP contribution < -0.4 is 10.4 Å². The molecular weight excluding hydrogens is 202 g/mol. The minimum atomic E-state index is -1.15. The Morgan fingerprint density at radius 2 is 1.86 bits per heavy atom. The van der Waals surface area contributed by atoms with Crippen molar-refractivity contribution >= 4 is 23.3 Å². The fourth-order valence-electron chi connectivity index (χ4n) is 0.945. The summed E-state index contributed by atoms with van der Waals surface area (Å²) < 4.78 is 0. The number of carboxylic acids is 1. The van der Waals surface area contributed by atoms with Gasteiger partial charge in [0.15, 0.2) is 0 Å². The summed E-state index contributed by atoms with van der Waals surface area (Å²) in [4.78, 5) is 10.7. The second kappa shape index (κ2) is 3.88. The van der Waals surface area contributed by atoms with Crippen LogP contribution in [0, 0.1) is 0 Å². The van der Waals surface area contributed by atoms with Crippen molar-refractivity contribution in [2.75, 3.05) is 5.32 Å². The molecule has 0 bridgehead atoms. The lowest BCUT2D eigenvalue weighted by Crippen LogP contribution is -2.49. The normalized spacial score (nSPS) is 11.1. The summed E-state index contributed by atoms with van der Waals surface area (Å²) in [5.41, 5.74) is -0.392. The number of benzene rings is 1. The maximum absolute atomic E-state index is 10.7. The van der Waals surface area contributed by atoms with E-state index in [0.717, 1.165) is 0 Å². The van der Waals surface area contributed by atoms with E-state index in [1.165, 1.54) is 13.8 Å². The second-order valence-corrected chi connectivity index (χ2v) is 3.98. The molecule has 0 radical (unpaired) electrons. The molecule has 0 heterocycles. The highest BCUT2D eigenvalue weighted by Gasteiger charge is 2.18. The van der Waals surface area contributed by atoms with Crippen LogP contribution in [0.2, 0.25) is 5.02 Å². The van der Waals surface area contributed by atoms with Crippen molar-refractivity contribution in [2.45, 2.75) is 19.4 Å². The largest absolute Gasteiger partial charge is 0.548 e. The summed E-state index contributed by atoms with van der Waals surface area (Å²) in [5.74, 6) is -1.15. The van der Waals surface area contributed by atoms with Gasteiger partial charge < -0.3 is 15.2 Å². The van der Waals surface area contributed by atoms with Gasteiger partial charge in [-0.2, -0.15) is 0 Å². The number of halogens is 1. The summed E-state index contributed by atoms with van der Waals surface area (Å²) in [7, 11) is 0. The van der Waals surface area contributed by atoms with Crippen LogP contribution in [-0.2, 0) is 4.79 Å². The van der Waals surface area contributed by atoms with Gasteiger partial charge in [-0.05, 0) is 38.1 Å². The summed E-state index contributed by atoms with van der Waals surface area (Å²) in [6.45, 7) is 3.08. The van der Waals surface area contributed by atoms with Crippen molar-refractivity contribution in [3.8, 4) is 0 Å². The van der Waals surface area contributed by atoms with Crippen LogP contribution in [0.25, 0.3) is 0 Å². The molecule has 0 amide bonds. The van der Waals surface area contributed by atoms with Crippen LogP contribution in [0.4, 0.5) is 5.69 Å². The Balaban J connectivity index is 2.79. The number of carboxylic acid groups (broad SMARTS) is 1. The number of carbonyl (C=O) groups is 1.